The molecule has 0 bridgehead atoms. The fourth-order valence-corrected chi connectivity index (χ4v) is 3.77. The van der Waals surface area contributed by atoms with Crippen LogP contribution in [0.25, 0.3) is 10.9 Å². The Morgan fingerprint density at radius 2 is 1.84 bits per heavy atom. The number of nitrogens with zero attached hydrogens (tertiary/aromatic N) is 3. The van der Waals surface area contributed by atoms with Crippen LogP contribution in [0.15, 0.2) is 53.3 Å². The Bertz CT molecular complexity index is 978. The lowest BCUT2D eigenvalue weighted by molar-refractivity contribution is 0.178. The van der Waals surface area contributed by atoms with Gasteiger partial charge in [0.2, 0.25) is 0 Å². The van der Waals surface area contributed by atoms with E-state index in [9.17, 15) is 4.79 Å². The molecule has 1 aromatic heterocycles. The second-order valence-electron chi connectivity index (χ2n) is 6.32. The molecule has 0 saturated heterocycles. The SMILES string of the molecule is CCN1C(C)c2nc3ccccc3c(=O)n2C1c1ccc(OC)cc1. The first-order valence-corrected chi connectivity index (χ1v) is 8.56. The van der Waals surface area contributed by atoms with Crippen molar-refractivity contribution in [2.75, 3.05) is 13.7 Å². The molecule has 0 spiro atoms. The topological polar surface area (TPSA) is 47.4 Å². The second-order valence-corrected chi connectivity index (χ2v) is 6.32. The van der Waals surface area contributed by atoms with E-state index >= 15 is 0 Å². The molecule has 0 amide bonds. The van der Waals surface area contributed by atoms with Crippen molar-refractivity contribution in [3.63, 3.8) is 0 Å². The number of aromatic nitrogens is 2. The van der Waals surface area contributed by atoms with Gasteiger partial charge in [0.15, 0.2) is 0 Å². The molecule has 1 aliphatic rings. The maximum absolute atomic E-state index is 13.2. The molecule has 5 heteroatoms. The van der Waals surface area contributed by atoms with Crippen molar-refractivity contribution < 1.29 is 4.74 Å². The molecular weight excluding hydrogens is 314 g/mol. The van der Waals surface area contributed by atoms with Gasteiger partial charge >= 0.3 is 0 Å². The number of hydrogen-bond donors (Lipinski definition) is 0. The lowest BCUT2D eigenvalue weighted by atomic mass is 10.1. The molecule has 0 fully saturated rings. The summed E-state index contributed by atoms with van der Waals surface area (Å²) in [5, 5.41) is 0.662. The summed E-state index contributed by atoms with van der Waals surface area (Å²) in [4.78, 5) is 20.3. The zero-order valence-corrected chi connectivity index (χ0v) is 14.6. The van der Waals surface area contributed by atoms with E-state index in [4.69, 9.17) is 9.72 Å². The van der Waals surface area contributed by atoms with Crippen LogP contribution >= 0.6 is 0 Å². The Labute approximate surface area is 146 Å². The van der Waals surface area contributed by atoms with Gasteiger partial charge in [-0.25, -0.2) is 4.98 Å². The van der Waals surface area contributed by atoms with Gasteiger partial charge in [0.25, 0.3) is 5.56 Å². The molecule has 128 valence electrons. The fourth-order valence-electron chi connectivity index (χ4n) is 3.77. The Morgan fingerprint density at radius 3 is 2.52 bits per heavy atom. The van der Waals surface area contributed by atoms with Crippen molar-refractivity contribution in [1.29, 1.82) is 0 Å². The van der Waals surface area contributed by atoms with Crippen molar-refractivity contribution in [2.24, 2.45) is 0 Å². The first kappa shape index (κ1) is 15.8. The van der Waals surface area contributed by atoms with E-state index in [0.717, 1.165) is 29.2 Å². The first-order valence-electron chi connectivity index (χ1n) is 8.56. The van der Waals surface area contributed by atoms with Crippen molar-refractivity contribution >= 4 is 10.9 Å². The Kier molecular flexibility index (Phi) is 3.81. The highest BCUT2D eigenvalue weighted by Crippen LogP contribution is 2.38. The second kappa shape index (κ2) is 6.01. The largest absolute Gasteiger partial charge is 0.497 e. The third-order valence-corrected chi connectivity index (χ3v) is 5.04. The monoisotopic (exact) mass is 335 g/mol. The summed E-state index contributed by atoms with van der Waals surface area (Å²) in [6.07, 6.45) is -0.148. The van der Waals surface area contributed by atoms with E-state index in [0.29, 0.717) is 5.39 Å². The Morgan fingerprint density at radius 1 is 1.12 bits per heavy atom. The van der Waals surface area contributed by atoms with Gasteiger partial charge in [-0.2, -0.15) is 0 Å². The number of methoxy groups -OCH3 is 1. The summed E-state index contributed by atoms with van der Waals surface area (Å²) in [7, 11) is 1.65. The van der Waals surface area contributed by atoms with Crippen LogP contribution in [0.2, 0.25) is 0 Å². The highest BCUT2D eigenvalue weighted by molar-refractivity contribution is 5.77. The molecule has 2 atom stereocenters. The van der Waals surface area contributed by atoms with Crippen LogP contribution in [0, 0.1) is 0 Å². The van der Waals surface area contributed by atoms with E-state index < -0.39 is 0 Å². The summed E-state index contributed by atoms with van der Waals surface area (Å²) < 4.78 is 7.11. The number of rotatable bonds is 3. The minimum Gasteiger partial charge on any atom is -0.497 e. The van der Waals surface area contributed by atoms with E-state index in [1.807, 2.05) is 53.1 Å². The number of fused-ring (bicyclic) bond motifs is 2. The van der Waals surface area contributed by atoms with Crippen molar-refractivity contribution in [3.8, 4) is 5.75 Å². The zero-order chi connectivity index (χ0) is 17.6. The number of ether oxygens (including phenoxy) is 1. The lowest BCUT2D eigenvalue weighted by Crippen LogP contribution is -2.31. The van der Waals surface area contributed by atoms with Gasteiger partial charge in [0.05, 0.1) is 24.1 Å². The van der Waals surface area contributed by atoms with Crippen LogP contribution in [0.5, 0.6) is 5.75 Å². The lowest BCUT2D eigenvalue weighted by Gasteiger charge is -2.26. The smallest absolute Gasteiger partial charge is 0.263 e. The van der Waals surface area contributed by atoms with Gasteiger partial charge < -0.3 is 4.74 Å². The molecule has 3 aromatic rings. The van der Waals surface area contributed by atoms with Crippen molar-refractivity contribution in [1.82, 2.24) is 14.5 Å². The Hall–Kier alpha value is -2.66. The molecule has 0 radical (unpaired) electrons. The summed E-state index contributed by atoms with van der Waals surface area (Å²) in [6, 6.07) is 15.6. The Balaban J connectivity index is 1.96. The highest BCUT2D eigenvalue weighted by Gasteiger charge is 2.38. The maximum atomic E-state index is 13.2. The standard InChI is InChI=1S/C20H21N3O2/c1-4-22-13(2)18-21-17-8-6-5-7-16(17)20(24)23(18)19(22)14-9-11-15(25-3)12-10-14/h5-13,19H,4H2,1-3H3. The zero-order valence-electron chi connectivity index (χ0n) is 14.6. The van der Waals surface area contributed by atoms with Crippen LogP contribution in [0.3, 0.4) is 0 Å². The maximum Gasteiger partial charge on any atom is 0.263 e. The summed E-state index contributed by atoms with van der Waals surface area (Å²) in [5.41, 5.74) is 1.84. The van der Waals surface area contributed by atoms with Gasteiger partial charge in [-0.05, 0) is 43.3 Å². The third-order valence-electron chi connectivity index (χ3n) is 5.04. The van der Waals surface area contributed by atoms with E-state index in [1.54, 1.807) is 7.11 Å². The molecule has 0 aliphatic carbocycles. The van der Waals surface area contributed by atoms with E-state index in [-0.39, 0.29) is 17.8 Å². The fraction of sp³-hybridized carbons (Fsp3) is 0.300. The highest BCUT2D eigenvalue weighted by atomic mass is 16.5. The molecule has 2 heterocycles. The predicted molar refractivity (Wildman–Crippen MR) is 97.9 cm³/mol. The molecule has 2 aromatic carbocycles. The van der Waals surface area contributed by atoms with Gasteiger partial charge in [-0.1, -0.05) is 31.2 Å². The molecule has 2 unspecified atom stereocenters. The van der Waals surface area contributed by atoms with E-state index in [2.05, 4.69) is 18.7 Å². The number of benzene rings is 2. The summed E-state index contributed by atoms with van der Waals surface area (Å²) in [5.74, 6) is 1.63. The van der Waals surface area contributed by atoms with Gasteiger partial charge in [0, 0.05) is 0 Å². The van der Waals surface area contributed by atoms with Crippen LogP contribution in [-0.4, -0.2) is 28.1 Å². The minimum absolute atomic E-state index is 0.0178. The predicted octanol–water partition coefficient (Wildman–Crippen LogP) is 3.35. The molecule has 0 N–H and O–H groups in total. The van der Waals surface area contributed by atoms with Crippen LogP contribution in [0.1, 0.15) is 37.4 Å². The quantitative estimate of drug-likeness (QED) is 0.736. The van der Waals surface area contributed by atoms with Gasteiger partial charge in [-0.15, -0.1) is 0 Å². The van der Waals surface area contributed by atoms with Crippen LogP contribution in [0.4, 0.5) is 0 Å². The molecule has 5 nitrogen and oxygen atoms in total. The van der Waals surface area contributed by atoms with Crippen molar-refractivity contribution in [2.45, 2.75) is 26.1 Å². The molecule has 25 heavy (non-hydrogen) atoms. The van der Waals surface area contributed by atoms with Gasteiger partial charge in [0.1, 0.15) is 17.7 Å². The van der Waals surface area contributed by atoms with Crippen LogP contribution < -0.4 is 10.3 Å². The third kappa shape index (κ3) is 2.35. The van der Waals surface area contributed by atoms with Crippen LogP contribution in [-0.2, 0) is 0 Å². The normalized spacial score (nSPS) is 20.0. The van der Waals surface area contributed by atoms with Gasteiger partial charge in [-0.3, -0.25) is 14.3 Å². The average molecular weight is 335 g/mol. The summed E-state index contributed by atoms with van der Waals surface area (Å²) in [6.45, 7) is 5.06. The first-order chi connectivity index (χ1) is 12.2. The molecule has 4 rings (SSSR count). The van der Waals surface area contributed by atoms with E-state index in [1.165, 1.54) is 0 Å². The molecule has 1 aliphatic heterocycles. The molecular formula is C20H21N3O2. The average Bonchev–Trinajstić information content (AvgIpc) is 2.94. The molecule has 0 saturated carbocycles. The number of hydrogen-bond acceptors (Lipinski definition) is 4. The number of para-hydroxylation sites is 1. The van der Waals surface area contributed by atoms with Crippen molar-refractivity contribution in [3.05, 3.63) is 70.3 Å². The minimum atomic E-state index is -0.148. The summed E-state index contributed by atoms with van der Waals surface area (Å²) >= 11 is 0.